The zero-order chi connectivity index (χ0) is 13.4. The van der Waals surface area contributed by atoms with Crippen molar-refractivity contribution in [1.82, 2.24) is 0 Å². The fourth-order valence-corrected chi connectivity index (χ4v) is 2.41. The van der Waals surface area contributed by atoms with Gasteiger partial charge < -0.3 is 10.6 Å². The third-order valence-corrected chi connectivity index (χ3v) is 4.14. The van der Waals surface area contributed by atoms with Crippen LogP contribution in [0.2, 0.25) is 0 Å². The first kappa shape index (κ1) is 13.4. The van der Waals surface area contributed by atoms with Gasteiger partial charge in [-0.1, -0.05) is 32.9 Å². The number of nitrogens with two attached hydrogens (primary N) is 1. The Morgan fingerprint density at radius 3 is 2.11 bits per heavy atom. The zero-order valence-electron chi connectivity index (χ0n) is 12.2. The van der Waals surface area contributed by atoms with Crippen LogP contribution in [-0.4, -0.2) is 20.1 Å². The molecule has 0 atom stereocenters. The number of benzene rings is 1. The number of hydrogen-bond donors (Lipinski definition) is 1. The number of anilines is 1. The Hall–Kier alpha value is -1.02. The molecule has 0 bridgehead atoms. The van der Waals surface area contributed by atoms with Gasteiger partial charge in [-0.3, -0.25) is 0 Å². The Morgan fingerprint density at radius 1 is 1.17 bits per heavy atom. The summed E-state index contributed by atoms with van der Waals surface area (Å²) >= 11 is 0. The molecule has 100 valence electrons. The summed E-state index contributed by atoms with van der Waals surface area (Å²) in [4.78, 5) is 2.34. The van der Waals surface area contributed by atoms with Crippen molar-refractivity contribution >= 4 is 5.69 Å². The smallest absolute Gasteiger partial charge is 0.0363 e. The van der Waals surface area contributed by atoms with E-state index in [1.54, 1.807) is 0 Å². The maximum atomic E-state index is 5.85. The molecule has 1 fully saturated rings. The standard InChI is InChI=1S/C16H26N2/c1-15(2,3)13-5-7-14(8-6-13)18(4)12-16(11-17)9-10-16/h5-8H,9-12,17H2,1-4H3. The van der Waals surface area contributed by atoms with Crippen LogP contribution in [0.4, 0.5) is 5.69 Å². The van der Waals surface area contributed by atoms with Crippen LogP contribution >= 0.6 is 0 Å². The summed E-state index contributed by atoms with van der Waals surface area (Å²) in [6, 6.07) is 8.95. The fourth-order valence-electron chi connectivity index (χ4n) is 2.41. The lowest BCUT2D eigenvalue weighted by Gasteiger charge is -2.26. The molecule has 0 heterocycles. The molecule has 1 saturated carbocycles. The number of hydrogen-bond acceptors (Lipinski definition) is 2. The molecular formula is C16H26N2. The maximum Gasteiger partial charge on any atom is 0.0363 e. The summed E-state index contributed by atoms with van der Waals surface area (Å²) in [7, 11) is 2.17. The van der Waals surface area contributed by atoms with Crippen molar-refractivity contribution in [2.45, 2.75) is 39.0 Å². The predicted molar refractivity (Wildman–Crippen MR) is 79.1 cm³/mol. The molecule has 2 N–H and O–H groups in total. The molecule has 2 rings (SSSR count). The van der Waals surface area contributed by atoms with Gasteiger partial charge in [0.05, 0.1) is 0 Å². The number of nitrogens with zero attached hydrogens (tertiary/aromatic N) is 1. The molecule has 1 aliphatic rings. The van der Waals surface area contributed by atoms with Gasteiger partial charge >= 0.3 is 0 Å². The lowest BCUT2D eigenvalue weighted by atomic mass is 9.87. The lowest BCUT2D eigenvalue weighted by Crippen LogP contribution is -2.31. The van der Waals surface area contributed by atoms with Crippen LogP contribution in [0.1, 0.15) is 39.2 Å². The van der Waals surface area contributed by atoms with Crippen LogP contribution in [0.15, 0.2) is 24.3 Å². The van der Waals surface area contributed by atoms with E-state index in [0.717, 1.165) is 13.1 Å². The van der Waals surface area contributed by atoms with Gasteiger partial charge in [0.1, 0.15) is 0 Å². The highest BCUT2D eigenvalue weighted by molar-refractivity contribution is 5.48. The van der Waals surface area contributed by atoms with E-state index in [9.17, 15) is 0 Å². The minimum Gasteiger partial charge on any atom is -0.374 e. The highest BCUT2D eigenvalue weighted by Crippen LogP contribution is 2.45. The minimum absolute atomic E-state index is 0.228. The second kappa shape index (κ2) is 4.58. The first-order valence-electron chi connectivity index (χ1n) is 6.88. The van der Waals surface area contributed by atoms with Crippen LogP contribution < -0.4 is 10.6 Å². The molecule has 1 aromatic carbocycles. The molecule has 0 amide bonds. The molecule has 2 nitrogen and oxygen atoms in total. The second-order valence-electron chi connectivity index (χ2n) is 6.86. The van der Waals surface area contributed by atoms with Crippen LogP contribution in [0.5, 0.6) is 0 Å². The molecule has 0 saturated heterocycles. The van der Waals surface area contributed by atoms with Crippen LogP contribution in [0.3, 0.4) is 0 Å². The van der Waals surface area contributed by atoms with Crippen molar-refractivity contribution in [3.63, 3.8) is 0 Å². The van der Waals surface area contributed by atoms with Crippen molar-refractivity contribution in [2.75, 3.05) is 25.0 Å². The molecule has 0 aromatic heterocycles. The summed E-state index contributed by atoms with van der Waals surface area (Å²) in [5.74, 6) is 0. The molecule has 0 unspecified atom stereocenters. The van der Waals surface area contributed by atoms with Gasteiger partial charge in [0.2, 0.25) is 0 Å². The minimum atomic E-state index is 0.228. The van der Waals surface area contributed by atoms with Gasteiger partial charge in [-0.05, 0) is 42.5 Å². The van der Waals surface area contributed by atoms with Gasteiger partial charge in [0.25, 0.3) is 0 Å². The lowest BCUT2D eigenvalue weighted by molar-refractivity contribution is 0.523. The maximum absolute atomic E-state index is 5.85. The largest absolute Gasteiger partial charge is 0.374 e. The SMILES string of the molecule is CN(CC1(CN)CC1)c1ccc(C(C)(C)C)cc1. The van der Waals surface area contributed by atoms with E-state index in [0.29, 0.717) is 5.41 Å². The van der Waals surface area contributed by atoms with Crippen LogP contribution in [0.25, 0.3) is 0 Å². The van der Waals surface area contributed by atoms with Gasteiger partial charge in [0, 0.05) is 24.7 Å². The monoisotopic (exact) mass is 246 g/mol. The second-order valence-corrected chi connectivity index (χ2v) is 6.86. The van der Waals surface area contributed by atoms with E-state index < -0.39 is 0 Å². The molecule has 1 aliphatic carbocycles. The van der Waals surface area contributed by atoms with E-state index >= 15 is 0 Å². The van der Waals surface area contributed by atoms with Crippen LogP contribution in [0, 0.1) is 5.41 Å². The molecule has 0 spiro atoms. The Bertz CT molecular complexity index is 396. The van der Waals surface area contributed by atoms with E-state index in [1.807, 2.05) is 0 Å². The molecular weight excluding hydrogens is 220 g/mol. The third kappa shape index (κ3) is 2.86. The summed E-state index contributed by atoms with van der Waals surface area (Å²) in [5.41, 5.74) is 9.16. The molecule has 1 aromatic rings. The van der Waals surface area contributed by atoms with E-state index in [4.69, 9.17) is 5.73 Å². The summed E-state index contributed by atoms with van der Waals surface area (Å²) in [5, 5.41) is 0. The van der Waals surface area contributed by atoms with Gasteiger partial charge in [-0.25, -0.2) is 0 Å². The average molecular weight is 246 g/mol. The Labute approximate surface area is 111 Å². The Balaban J connectivity index is 2.05. The fraction of sp³-hybridized carbons (Fsp3) is 0.625. The quantitative estimate of drug-likeness (QED) is 0.884. The highest BCUT2D eigenvalue weighted by atomic mass is 15.1. The van der Waals surface area contributed by atoms with Gasteiger partial charge in [0.15, 0.2) is 0 Å². The predicted octanol–water partition coefficient (Wildman–Crippen LogP) is 3.16. The van der Waals surface area contributed by atoms with Crippen molar-refractivity contribution in [2.24, 2.45) is 11.1 Å². The van der Waals surface area contributed by atoms with Crippen molar-refractivity contribution in [3.8, 4) is 0 Å². The molecule has 0 aliphatic heterocycles. The normalized spacial score (nSPS) is 17.6. The topological polar surface area (TPSA) is 29.3 Å². The van der Waals surface area contributed by atoms with E-state index in [1.165, 1.54) is 24.1 Å². The van der Waals surface area contributed by atoms with Crippen molar-refractivity contribution < 1.29 is 0 Å². The first-order valence-corrected chi connectivity index (χ1v) is 6.88. The summed E-state index contributed by atoms with van der Waals surface area (Å²) < 4.78 is 0. The van der Waals surface area contributed by atoms with Gasteiger partial charge in [-0.15, -0.1) is 0 Å². The average Bonchev–Trinajstić information content (AvgIpc) is 3.08. The Kier molecular flexibility index (Phi) is 3.41. The highest BCUT2D eigenvalue weighted by Gasteiger charge is 2.42. The molecule has 2 heteroatoms. The number of rotatable bonds is 4. The zero-order valence-corrected chi connectivity index (χ0v) is 12.2. The van der Waals surface area contributed by atoms with Crippen LogP contribution in [-0.2, 0) is 5.41 Å². The molecule has 0 radical (unpaired) electrons. The Morgan fingerprint density at radius 2 is 1.72 bits per heavy atom. The third-order valence-electron chi connectivity index (χ3n) is 4.14. The summed E-state index contributed by atoms with van der Waals surface area (Å²) in [6.07, 6.45) is 2.57. The first-order chi connectivity index (χ1) is 8.36. The van der Waals surface area contributed by atoms with Gasteiger partial charge in [-0.2, -0.15) is 0 Å². The summed E-state index contributed by atoms with van der Waals surface area (Å²) in [6.45, 7) is 8.65. The van der Waals surface area contributed by atoms with E-state index in [2.05, 4.69) is 57.0 Å². The molecule has 18 heavy (non-hydrogen) atoms. The van der Waals surface area contributed by atoms with E-state index in [-0.39, 0.29) is 5.41 Å². The van der Waals surface area contributed by atoms with Crippen molar-refractivity contribution in [1.29, 1.82) is 0 Å². The van der Waals surface area contributed by atoms with Crippen molar-refractivity contribution in [3.05, 3.63) is 29.8 Å².